The summed E-state index contributed by atoms with van der Waals surface area (Å²) in [6.45, 7) is 5.42. The molecule has 2 aromatic heterocycles. The van der Waals surface area contributed by atoms with Crippen molar-refractivity contribution in [1.82, 2.24) is 30.0 Å². The number of hydrogen-bond donors (Lipinski definition) is 1. The van der Waals surface area contributed by atoms with Crippen LogP contribution < -0.4 is 5.32 Å². The van der Waals surface area contributed by atoms with Gasteiger partial charge in [0.2, 0.25) is 4.96 Å². The van der Waals surface area contributed by atoms with Crippen LogP contribution in [0, 0.1) is 0 Å². The number of fused-ring (bicyclic) bond motifs is 1. The minimum absolute atomic E-state index is 0.604. The third kappa shape index (κ3) is 2.37. The number of nitrogens with one attached hydrogen (secondary N) is 1. The van der Waals surface area contributed by atoms with Gasteiger partial charge >= 0.3 is 0 Å². The second-order valence-electron chi connectivity index (χ2n) is 5.40. The molecule has 1 saturated heterocycles. The van der Waals surface area contributed by atoms with Crippen molar-refractivity contribution in [3.63, 3.8) is 0 Å². The molecule has 4 rings (SSSR count). The summed E-state index contributed by atoms with van der Waals surface area (Å²) in [4.78, 5) is 3.42. The Balaban J connectivity index is 1.54. The normalized spacial score (nSPS) is 21.9. The smallest absolute Gasteiger partial charge is 0.234 e. The Kier molecular flexibility index (Phi) is 2.97. The first kappa shape index (κ1) is 11.7. The molecule has 6 nitrogen and oxygen atoms in total. The second kappa shape index (κ2) is 4.81. The molecule has 1 aliphatic heterocycles. The van der Waals surface area contributed by atoms with Crippen molar-refractivity contribution in [2.75, 3.05) is 26.2 Å². The minimum atomic E-state index is 0.604. The van der Waals surface area contributed by atoms with E-state index in [1.807, 2.05) is 4.52 Å². The van der Waals surface area contributed by atoms with Gasteiger partial charge in [-0.05, 0) is 32.4 Å². The molecule has 2 fully saturated rings. The molecule has 0 aromatic carbocycles. The Morgan fingerprint density at radius 3 is 3.05 bits per heavy atom. The summed E-state index contributed by atoms with van der Waals surface area (Å²) in [5.74, 6) is 1.67. The molecule has 0 atom stereocenters. The number of aromatic nitrogens is 4. The maximum absolute atomic E-state index is 4.71. The number of nitrogens with zero attached hydrogens (tertiary/aromatic N) is 5. The summed E-state index contributed by atoms with van der Waals surface area (Å²) in [6, 6.07) is 0. The van der Waals surface area contributed by atoms with E-state index in [9.17, 15) is 0 Å². The van der Waals surface area contributed by atoms with Crippen molar-refractivity contribution in [3.05, 3.63) is 10.8 Å². The zero-order chi connectivity index (χ0) is 12.7. The third-order valence-corrected chi connectivity index (χ3v) is 4.67. The van der Waals surface area contributed by atoms with Crippen LogP contribution in [0.15, 0.2) is 0 Å². The predicted octanol–water partition coefficient (Wildman–Crippen LogP) is 0.858. The fourth-order valence-electron chi connectivity index (χ4n) is 2.58. The van der Waals surface area contributed by atoms with Crippen LogP contribution in [0.2, 0.25) is 0 Å². The number of rotatable bonds is 3. The van der Waals surface area contributed by atoms with Crippen LogP contribution in [0.5, 0.6) is 0 Å². The van der Waals surface area contributed by atoms with Gasteiger partial charge in [-0.2, -0.15) is 9.61 Å². The molecule has 1 saturated carbocycles. The summed E-state index contributed by atoms with van der Waals surface area (Å²) < 4.78 is 1.97. The average molecular weight is 278 g/mol. The maximum atomic E-state index is 4.71. The van der Waals surface area contributed by atoms with Crippen LogP contribution in [0.3, 0.4) is 0 Å². The predicted molar refractivity (Wildman–Crippen MR) is 73.4 cm³/mol. The van der Waals surface area contributed by atoms with Gasteiger partial charge in [0.05, 0.1) is 6.54 Å². The van der Waals surface area contributed by atoms with Gasteiger partial charge in [-0.25, -0.2) is 0 Å². The Labute approximate surface area is 115 Å². The van der Waals surface area contributed by atoms with E-state index in [-0.39, 0.29) is 0 Å². The molecule has 0 radical (unpaired) electrons. The number of hydrogen-bond acceptors (Lipinski definition) is 6. The Hall–Kier alpha value is -1.05. The van der Waals surface area contributed by atoms with Gasteiger partial charge in [0.25, 0.3) is 0 Å². The van der Waals surface area contributed by atoms with Gasteiger partial charge in [0, 0.05) is 19.0 Å². The van der Waals surface area contributed by atoms with Crippen LogP contribution in [0.4, 0.5) is 0 Å². The van der Waals surface area contributed by atoms with Crippen LogP contribution >= 0.6 is 11.3 Å². The topological polar surface area (TPSA) is 58.4 Å². The van der Waals surface area contributed by atoms with E-state index in [2.05, 4.69) is 20.4 Å². The first-order valence-electron chi connectivity index (χ1n) is 7.04. The molecule has 102 valence electrons. The summed E-state index contributed by atoms with van der Waals surface area (Å²) in [5, 5.41) is 17.8. The lowest BCUT2D eigenvalue weighted by atomic mass is 10.4. The highest BCUT2D eigenvalue weighted by atomic mass is 32.1. The van der Waals surface area contributed by atoms with Crippen molar-refractivity contribution < 1.29 is 0 Å². The van der Waals surface area contributed by atoms with Gasteiger partial charge in [-0.15, -0.1) is 10.2 Å². The summed E-state index contributed by atoms with van der Waals surface area (Å²) >= 11 is 1.68. The van der Waals surface area contributed by atoms with Crippen molar-refractivity contribution in [2.24, 2.45) is 0 Å². The molecule has 0 spiro atoms. The summed E-state index contributed by atoms with van der Waals surface area (Å²) in [7, 11) is 0. The maximum Gasteiger partial charge on any atom is 0.234 e. The quantitative estimate of drug-likeness (QED) is 0.902. The molecule has 7 heteroatoms. The van der Waals surface area contributed by atoms with E-state index >= 15 is 0 Å². The largest absolute Gasteiger partial charge is 0.315 e. The van der Waals surface area contributed by atoms with E-state index in [0.29, 0.717) is 5.92 Å². The third-order valence-electron chi connectivity index (χ3n) is 3.79. The molecular weight excluding hydrogens is 260 g/mol. The van der Waals surface area contributed by atoms with Crippen molar-refractivity contribution in [3.8, 4) is 0 Å². The van der Waals surface area contributed by atoms with Crippen LogP contribution in [0.25, 0.3) is 4.96 Å². The molecule has 2 aliphatic rings. The molecule has 1 N–H and O–H groups in total. The van der Waals surface area contributed by atoms with E-state index in [4.69, 9.17) is 5.10 Å². The van der Waals surface area contributed by atoms with Crippen molar-refractivity contribution in [2.45, 2.75) is 31.7 Å². The highest BCUT2D eigenvalue weighted by Gasteiger charge is 2.30. The Bertz CT molecular complexity index is 564. The molecule has 0 unspecified atom stereocenters. The summed E-state index contributed by atoms with van der Waals surface area (Å²) in [6.07, 6.45) is 3.70. The molecule has 3 heterocycles. The van der Waals surface area contributed by atoms with Crippen molar-refractivity contribution in [1.29, 1.82) is 0 Å². The lowest BCUT2D eigenvalue weighted by Gasteiger charge is -2.16. The van der Waals surface area contributed by atoms with E-state index < -0.39 is 0 Å². The van der Waals surface area contributed by atoms with Crippen LogP contribution in [0.1, 0.15) is 36.0 Å². The monoisotopic (exact) mass is 278 g/mol. The van der Waals surface area contributed by atoms with E-state index in [0.717, 1.165) is 48.5 Å². The van der Waals surface area contributed by atoms with E-state index in [1.165, 1.54) is 19.3 Å². The van der Waals surface area contributed by atoms with Gasteiger partial charge in [0.1, 0.15) is 5.01 Å². The fraction of sp³-hybridized carbons (Fsp3) is 0.750. The van der Waals surface area contributed by atoms with Gasteiger partial charge in [-0.3, -0.25) is 4.90 Å². The second-order valence-corrected chi connectivity index (χ2v) is 6.44. The molecule has 0 bridgehead atoms. The first-order valence-corrected chi connectivity index (χ1v) is 7.86. The Morgan fingerprint density at radius 1 is 1.21 bits per heavy atom. The molecule has 0 amide bonds. The molecule has 2 aromatic rings. The first-order chi connectivity index (χ1) is 9.40. The molecular formula is C12H18N6S. The molecule has 19 heavy (non-hydrogen) atoms. The van der Waals surface area contributed by atoms with Crippen LogP contribution in [-0.4, -0.2) is 50.9 Å². The zero-order valence-corrected chi connectivity index (χ0v) is 11.7. The van der Waals surface area contributed by atoms with Gasteiger partial charge in [0.15, 0.2) is 5.82 Å². The van der Waals surface area contributed by atoms with Crippen LogP contribution in [-0.2, 0) is 6.54 Å². The highest BCUT2D eigenvalue weighted by molar-refractivity contribution is 7.16. The zero-order valence-electron chi connectivity index (χ0n) is 10.9. The standard InChI is InChI=1S/C12H18N6S/c1-4-13-5-7-17(6-1)8-10-16-18-11(9-2-3-9)14-15-12(18)19-10/h9,13H,1-8H2. The van der Waals surface area contributed by atoms with Crippen molar-refractivity contribution >= 4 is 16.3 Å². The van der Waals surface area contributed by atoms with Gasteiger partial charge in [-0.1, -0.05) is 11.3 Å². The molecule has 1 aliphatic carbocycles. The average Bonchev–Trinajstić information content (AvgIpc) is 3.11. The van der Waals surface area contributed by atoms with Gasteiger partial charge < -0.3 is 5.32 Å². The lowest BCUT2D eigenvalue weighted by molar-refractivity contribution is 0.283. The summed E-state index contributed by atoms with van der Waals surface area (Å²) in [5.41, 5.74) is 0. The highest BCUT2D eigenvalue weighted by Crippen LogP contribution is 2.39. The SMILES string of the molecule is C1CNCCN(Cc2nn3c(C4CC4)nnc3s2)C1. The minimum Gasteiger partial charge on any atom is -0.315 e. The Morgan fingerprint density at radius 2 is 2.16 bits per heavy atom. The fourth-order valence-corrected chi connectivity index (χ4v) is 3.47. The lowest BCUT2D eigenvalue weighted by Crippen LogP contribution is -2.27. The van der Waals surface area contributed by atoms with E-state index in [1.54, 1.807) is 11.3 Å².